The summed E-state index contributed by atoms with van der Waals surface area (Å²) in [6.45, 7) is 2.11. The van der Waals surface area contributed by atoms with E-state index in [-0.39, 0.29) is 12.5 Å². The molecule has 1 aliphatic carbocycles. The molecule has 0 aromatic rings. The summed E-state index contributed by atoms with van der Waals surface area (Å²) in [5.41, 5.74) is 5.26. The standard InChI is InChI=1S/C10H21N3O3S/c1-10(7-11,8-4-5-8)12-9(14)6-13(2)17(3,15)16/h8H,4-7,11H2,1-3H3,(H,12,14). The topological polar surface area (TPSA) is 92.5 Å². The first kappa shape index (κ1) is 14.4. The fourth-order valence-electron chi connectivity index (χ4n) is 1.72. The molecular weight excluding hydrogens is 242 g/mol. The zero-order valence-electron chi connectivity index (χ0n) is 10.6. The number of carbonyl (C=O) groups excluding carboxylic acids is 1. The number of nitrogens with two attached hydrogens (primary N) is 1. The fraction of sp³-hybridized carbons (Fsp3) is 0.900. The van der Waals surface area contributed by atoms with Crippen LogP contribution in [0.25, 0.3) is 0 Å². The first-order valence-electron chi connectivity index (χ1n) is 5.61. The Balaban J connectivity index is 2.54. The second-order valence-electron chi connectivity index (χ2n) is 4.96. The highest BCUT2D eigenvalue weighted by Gasteiger charge is 2.41. The van der Waals surface area contributed by atoms with Gasteiger partial charge in [-0.3, -0.25) is 4.79 Å². The monoisotopic (exact) mass is 263 g/mol. The summed E-state index contributed by atoms with van der Waals surface area (Å²) in [6.07, 6.45) is 3.20. The van der Waals surface area contributed by atoms with Gasteiger partial charge in [0.2, 0.25) is 15.9 Å². The van der Waals surface area contributed by atoms with E-state index in [9.17, 15) is 13.2 Å². The summed E-state index contributed by atoms with van der Waals surface area (Å²) in [7, 11) is -1.94. The lowest BCUT2D eigenvalue weighted by Gasteiger charge is -2.30. The van der Waals surface area contributed by atoms with Crippen LogP contribution in [-0.4, -0.2) is 50.6 Å². The Kier molecular flexibility index (Phi) is 4.16. The second-order valence-corrected chi connectivity index (χ2v) is 7.05. The molecule has 7 heteroatoms. The molecule has 1 aliphatic rings. The second kappa shape index (κ2) is 4.91. The normalized spacial score (nSPS) is 20.1. The van der Waals surface area contributed by atoms with Crippen molar-refractivity contribution in [3.63, 3.8) is 0 Å². The molecule has 100 valence electrons. The Morgan fingerprint density at radius 3 is 2.41 bits per heavy atom. The Bertz CT molecular complexity index is 392. The number of sulfonamides is 1. The molecule has 1 atom stereocenters. The minimum absolute atomic E-state index is 0.166. The Morgan fingerprint density at radius 2 is 2.06 bits per heavy atom. The lowest BCUT2D eigenvalue weighted by Crippen LogP contribution is -2.55. The third-order valence-electron chi connectivity index (χ3n) is 3.26. The Morgan fingerprint density at radius 1 is 1.53 bits per heavy atom. The predicted molar refractivity (Wildman–Crippen MR) is 65.8 cm³/mol. The summed E-state index contributed by atoms with van der Waals surface area (Å²) in [4.78, 5) is 11.7. The maximum absolute atomic E-state index is 11.7. The summed E-state index contributed by atoms with van der Waals surface area (Å²) >= 11 is 0. The number of amides is 1. The summed E-state index contributed by atoms with van der Waals surface area (Å²) < 4.78 is 23.4. The Hall–Kier alpha value is -0.660. The highest BCUT2D eigenvalue weighted by molar-refractivity contribution is 7.88. The van der Waals surface area contributed by atoms with Crippen molar-refractivity contribution in [1.82, 2.24) is 9.62 Å². The summed E-state index contributed by atoms with van der Waals surface area (Å²) in [5, 5.41) is 2.84. The van der Waals surface area contributed by atoms with E-state index < -0.39 is 15.6 Å². The summed E-state index contributed by atoms with van der Waals surface area (Å²) in [5.74, 6) is 0.109. The van der Waals surface area contributed by atoms with Crippen LogP contribution in [0.15, 0.2) is 0 Å². The van der Waals surface area contributed by atoms with E-state index in [1.54, 1.807) is 0 Å². The molecule has 17 heavy (non-hydrogen) atoms. The van der Waals surface area contributed by atoms with Crippen molar-refractivity contribution >= 4 is 15.9 Å². The summed E-state index contributed by atoms with van der Waals surface area (Å²) in [6, 6.07) is 0. The van der Waals surface area contributed by atoms with Crippen molar-refractivity contribution in [3.05, 3.63) is 0 Å². The molecule has 0 aliphatic heterocycles. The van der Waals surface area contributed by atoms with Crippen molar-refractivity contribution in [3.8, 4) is 0 Å². The lowest BCUT2D eigenvalue weighted by atomic mass is 9.96. The van der Waals surface area contributed by atoms with E-state index in [1.165, 1.54) is 7.05 Å². The number of nitrogens with one attached hydrogen (secondary N) is 1. The molecule has 0 spiro atoms. The molecular formula is C10H21N3O3S. The van der Waals surface area contributed by atoms with Crippen LogP contribution >= 0.6 is 0 Å². The molecule has 0 aromatic carbocycles. The van der Waals surface area contributed by atoms with E-state index in [4.69, 9.17) is 5.73 Å². The average molecular weight is 263 g/mol. The third kappa shape index (κ3) is 3.93. The lowest BCUT2D eigenvalue weighted by molar-refractivity contribution is -0.123. The van der Waals surface area contributed by atoms with Gasteiger partial charge in [-0.05, 0) is 25.7 Å². The van der Waals surface area contributed by atoms with Crippen LogP contribution in [0.3, 0.4) is 0 Å². The Labute approximate surface area is 103 Å². The van der Waals surface area contributed by atoms with Gasteiger partial charge in [-0.15, -0.1) is 0 Å². The van der Waals surface area contributed by atoms with Crippen molar-refractivity contribution in [2.45, 2.75) is 25.3 Å². The van der Waals surface area contributed by atoms with Crippen molar-refractivity contribution in [2.75, 3.05) is 26.4 Å². The molecule has 1 saturated carbocycles. The van der Waals surface area contributed by atoms with Gasteiger partial charge in [0.15, 0.2) is 0 Å². The molecule has 1 rings (SSSR count). The molecule has 3 N–H and O–H groups in total. The van der Waals surface area contributed by atoms with Gasteiger partial charge in [-0.25, -0.2) is 8.42 Å². The molecule has 6 nitrogen and oxygen atoms in total. The highest BCUT2D eigenvalue weighted by Crippen LogP contribution is 2.38. The van der Waals surface area contributed by atoms with E-state index >= 15 is 0 Å². The number of hydrogen-bond acceptors (Lipinski definition) is 4. The van der Waals surface area contributed by atoms with Gasteiger partial charge in [0, 0.05) is 13.6 Å². The zero-order valence-corrected chi connectivity index (χ0v) is 11.4. The van der Waals surface area contributed by atoms with Gasteiger partial charge in [-0.2, -0.15) is 4.31 Å². The largest absolute Gasteiger partial charge is 0.348 e. The molecule has 0 radical (unpaired) electrons. The SMILES string of the molecule is CN(CC(=O)NC(C)(CN)C1CC1)S(C)(=O)=O. The first-order valence-corrected chi connectivity index (χ1v) is 7.46. The van der Waals surface area contributed by atoms with Crippen LogP contribution in [0.2, 0.25) is 0 Å². The highest BCUT2D eigenvalue weighted by atomic mass is 32.2. The number of likely N-dealkylation sites (N-methyl/N-ethyl adjacent to an activating group) is 1. The number of hydrogen-bond donors (Lipinski definition) is 2. The van der Waals surface area contributed by atoms with Gasteiger partial charge in [0.05, 0.1) is 18.3 Å². The van der Waals surface area contributed by atoms with Crippen LogP contribution in [0.4, 0.5) is 0 Å². The molecule has 0 heterocycles. The van der Waals surface area contributed by atoms with Crippen molar-refractivity contribution in [1.29, 1.82) is 0 Å². The van der Waals surface area contributed by atoms with Gasteiger partial charge < -0.3 is 11.1 Å². The van der Waals surface area contributed by atoms with Crippen LogP contribution in [0.1, 0.15) is 19.8 Å². The van der Waals surface area contributed by atoms with Gasteiger partial charge in [0.1, 0.15) is 0 Å². The molecule has 1 amide bonds. The van der Waals surface area contributed by atoms with Crippen LogP contribution in [0, 0.1) is 5.92 Å². The van der Waals surface area contributed by atoms with Crippen molar-refractivity contribution < 1.29 is 13.2 Å². The molecule has 1 unspecified atom stereocenters. The van der Waals surface area contributed by atoms with Gasteiger partial charge in [0.25, 0.3) is 0 Å². The smallest absolute Gasteiger partial charge is 0.235 e. The average Bonchev–Trinajstić information content (AvgIpc) is 2.98. The predicted octanol–water partition coefficient (Wildman–Crippen LogP) is -0.879. The van der Waals surface area contributed by atoms with E-state index in [0.717, 1.165) is 23.4 Å². The van der Waals surface area contributed by atoms with Crippen molar-refractivity contribution in [2.24, 2.45) is 11.7 Å². The van der Waals surface area contributed by atoms with Crippen LogP contribution in [-0.2, 0) is 14.8 Å². The first-order chi connectivity index (χ1) is 7.69. The van der Waals surface area contributed by atoms with E-state index in [2.05, 4.69) is 5.32 Å². The number of rotatable bonds is 6. The van der Waals surface area contributed by atoms with Gasteiger partial charge >= 0.3 is 0 Å². The molecule has 0 aromatic heterocycles. The minimum Gasteiger partial charge on any atom is -0.348 e. The molecule has 0 saturated heterocycles. The van der Waals surface area contributed by atoms with Gasteiger partial charge in [-0.1, -0.05) is 0 Å². The minimum atomic E-state index is -3.32. The maximum atomic E-state index is 11.7. The quantitative estimate of drug-likeness (QED) is 0.651. The van der Waals surface area contributed by atoms with Crippen LogP contribution < -0.4 is 11.1 Å². The van der Waals surface area contributed by atoms with Crippen LogP contribution in [0.5, 0.6) is 0 Å². The third-order valence-corrected chi connectivity index (χ3v) is 4.52. The molecule has 0 bridgehead atoms. The number of nitrogens with zero attached hydrogens (tertiary/aromatic N) is 1. The van der Waals surface area contributed by atoms with E-state index in [0.29, 0.717) is 12.5 Å². The molecule has 1 fully saturated rings. The fourth-order valence-corrected chi connectivity index (χ4v) is 2.07. The van der Waals surface area contributed by atoms with E-state index in [1.807, 2.05) is 6.92 Å². The maximum Gasteiger partial charge on any atom is 0.235 e. The zero-order chi connectivity index (χ0) is 13.3. The number of carbonyl (C=O) groups is 1.